The minimum absolute atomic E-state index is 0.0827. The number of fused-ring (bicyclic) bond motifs is 1. The molecular weight excluding hydrogens is 480 g/mol. The van der Waals surface area contributed by atoms with Gasteiger partial charge in [-0.3, -0.25) is 4.79 Å². The predicted molar refractivity (Wildman–Crippen MR) is 146 cm³/mol. The first kappa shape index (κ1) is 26.0. The zero-order valence-corrected chi connectivity index (χ0v) is 22.4. The average molecular weight is 517 g/mol. The first-order valence-electron chi connectivity index (χ1n) is 13.4. The van der Waals surface area contributed by atoms with Crippen molar-refractivity contribution in [3.05, 3.63) is 77.9 Å². The lowest BCUT2D eigenvalue weighted by molar-refractivity contribution is -0.150. The van der Waals surface area contributed by atoms with Gasteiger partial charge in [0, 0.05) is 24.5 Å². The van der Waals surface area contributed by atoms with E-state index >= 15 is 0 Å². The van der Waals surface area contributed by atoms with Crippen LogP contribution >= 0.6 is 0 Å². The monoisotopic (exact) mass is 516 g/mol. The van der Waals surface area contributed by atoms with Crippen LogP contribution in [0.5, 0.6) is 5.75 Å². The topological polar surface area (TPSA) is 68.3 Å². The molecular formula is C31H36N2O5. The highest BCUT2D eigenvalue weighted by Gasteiger charge is 2.39. The molecule has 0 N–H and O–H groups in total. The highest BCUT2D eigenvalue weighted by Crippen LogP contribution is 2.33. The Morgan fingerprint density at radius 1 is 1.00 bits per heavy atom. The van der Waals surface area contributed by atoms with E-state index in [1.54, 1.807) is 4.90 Å². The molecule has 1 atom stereocenters. The Bertz CT molecular complexity index is 1280. The molecule has 1 aliphatic carbocycles. The molecule has 0 radical (unpaired) electrons. The number of rotatable bonds is 7. The van der Waals surface area contributed by atoms with Gasteiger partial charge in [0.05, 0.1) is 13.2 Å². The number of benzene rings is 3. The molecule has 0 unspecified atom stereocenters. The van der Waals surface area contributed by atoms with Crippen molar-refractivity contribution in [2.75, 3.05) is 19.7 Å². The van der Waals surface area contributed by atoms with Crippen LogP contribution in [0, 0.1) is 0 Å². The minimum atomic E-state index is -0.703. The van der Waals surface area contributed by atoms with Gasteiger partial charge in [-0.05, 0) is 62.3 Å². The van der Waals surface area contributed by atoms with Gasteiger partial charge in [-0.2, -0.15) is 0 Å². The highest BCUT2D eigenvalue weighted by atomic mass is 16.6. The van der Waals surface area contributed by atoms with Gasteiger partial charge in [-0.15, -0.1) is 0 Å². The summed E-state index contributed by atoms with van der Waals surface area (Å²) in [5, 5.41) is 2.11. The number of carbonyl (C=O) groups is 2. The second-order valence-corrected chi connectivity index (χ2v) is 11.1. The third-order valence-electron chi connectivity index (χ3n) is 6.74. The standard InChI is InChI=1S/C31H36N2O5/c1-31(2,3)38-30(35)32-15-16-36-28(20-32)29(34)33(25-13-14-25)19-23-17-24-11-7-8-12-26(24)27(18-23)37-21-22-9-5-4-6-10-22/h4-12,17-18,25,28H,13-16,19-21H2,1-3H3/t28-/m1/s1. The third kappa shape index (κ3) is 6.45. The number of morpholine rings is 1. The van der Waals surface area contributed by atoms with E-state index in [2.05, 4.69) is 18.2 Å². The number of amides is 2. The molecule has 38 heavy (non-hydrogen) atoms. The molecule has 0 bridgehead atoms. The number of carbonyl (C=O) groups excluding carboxylic acids is 2. The van der Waals surface area contributed by atoms with Crippen LogP contribution in [0.1, 0.15) is 44.7 Å². The van der Waals surface area contributed by atoms with Crippen molar-refractivity contribution in [2.24, 2.45) is 0 Å². The smallest absolute Gasteiger partial charge is 0.410 e. The summed E-state index contributed by atoms with van der Waals surface area (Å²) >= 11 is 0. The Morgan fingerprint density at radius 2 is 1.74 bits per heavy atom. The molecule has 1 aliphatic heterocycles. The summed E-state index contributed by atoms with van der Waals surface area (Å²) < 4.78 is 17.7. The normalized spacial score (nSPS) is 17.8. The summed E-state index contributed by atoms with van der Waals surface area (Å²) in [6, 6.07) is 22.6. The van der Waals surface area contributed by atoms with Crippen LogP contribution in [0.3, 0.4) is 0 Å². The fraction of sp³-hybridized carbons (Fsp3) is 0.419. The molecule has 2 fully saturated rings. The van der Waals surface area contributed by atoms with Crippen molar-refractivity contribution in [1.82, 2.24) is 9.80 Å². The van der Waals surface area contributed by atoms with Gasteiger partial charge >= 0.3 is 6.09 Å². The van der Waals surface area contributed by atoms with E-state index in [9.17, 15) is 9.59 Å². The van der Waals surface area contributed by atoms with Gasteiger partial charge < -0.3 is 24.0 Å². The first-order valence-corrected chi connectivity index (χ1v) is 13.4. The van der Waals surface area contributed by atoms with Crippen molar-refractivity contribution >= 4 is 22.8 Å². The van der Waals surface area contributed by atoms with Gasteiger partial charge in [0.1, 0.15) is 18.0 Å². The molecule has 0 aromatic heterocycles. The van der Waals surface area contributed by atoms with Gasteiger partial charge in [0.15, 0.2) is 6.10 Å². The number of hydrogen-bond acceptors (Lipinski definition) is 5. The summed E-state index contributed by atoms with van der Waals surface area (Å²) in [7, 11) is 0. The largest absolute Gasteiger partial charge is 0.488 e. The Labute approximate surface area is 224 Å². The highest BCUT2D eigenvalue weighted by molar-refractivity contribution is 5.89. The molecule has 7 nitrogen and oxygen atoms in total. The number of nitrogens with zero attached hydrogens (tertiary/aromatic N) is 2. The van der Waals surface area contributed by atoms with Crippen molar-refractivity contribution < 1.29 is 23.8 Å². The second kappa shape index (κ2) is 11.0. The Kier molecular flexibility index (Phi) is 7.56. The van der Waals surface area contributed by atoms with E-state index in [0.29, 0.717) is 26.3 Å². The molecule has 1 saturated heterocycles. The molecule has 1 saturated carbocycles. The van der Waals surface area contributed by atoms with Crippen LogP contribution < -0.4 is 4.74 Å². The summed E-state index contributed by atoms with van der Waals surface area (Å²) in [5.74, 6) is 0.718. The molecule has 0 spiro atoms. The fourth-order valence-corrected chi connectivity index (χ4v) is 4.73. The number of ether oxygens (including phenoxy) is 3. The molecule has 3 aromatic carbocycles. The maximum Gasteiger partial charge on any atom is 0.410 e. The van der Waals surface area contributed by atoms with E-state index < -0.39 is 17.8 Å². The molecule has 1 heterocycles. The Morgan fingerprint density at radius 3 is 2.47 bits per heavy atom. The average Bonchev–Trinajstić information content (AvgIpc) is 3.75. The van der Waals surface area contributed by atoms with Crippen LogP contribution in [0.4, 0.5) is 4.79 Å². The van der Waals surface area contributed by atoms with Crippen molar-refractivity contribution in [2.45, 2.75) is 64.5 Å². The van der Waals surface area contributed by atoms with Crippen molar-refractivity contribution in [3.8, 4) is 5.75 Å². The molecule has 2 aliphatic rings. The molecule has 7 heteroatoms. The van der Waals surface area contributed by atoms with E-state index in [0.717, 1.165) is 40.5 Å². The van der Waals surface area contributed by atoms with Gasteiger partial charge in [0.25, 0.3) is 5.91 Å². The summed E-state index contributed by atoms with van der Waals surface area (Å²) in [4.78, 5) is 29.8. The predicted octanol–water partition coefficient (Wildman–Crippen LogP) is 5.55. The lowest BCUT2D eigenvalue weighted by Crippen LogP contribution is -2.53. The van der Waals surface area contributed by atoms with E-state index in [4.69, 9.17) is 14.2 Å². The van der Waals surface area contributed by atoms with Gasteiger partial charge in [0.2, 0.25) is 0 Å². The Hall–Kier alpha value is -3.58. The molecule has 3 aromatic rings. The van der Waals surface area contributed by atoms with Crippen LogP contribution in [-0.2, 0) is 27.4 Å². The molecule has 5 rings (SSSR count). The van der Waals surface area contributed by atoms with E-state index in [-0.39, 0.29) is 18.5 Å². The van der Waals surface area contributed by atoms with Crippen molar-refractivity contribution in [3.63, 3.8) is 0 Å². The summed E-state index contributed by atoms with van der Waals surface area (Å²) in [6.45, 7) is 7.35. The molecule has 200 valence electrons. The quantitative estimate of drug-likeness (QED) is 0.412. The van der Waals surface area contributed by atoms with Crippen LogP contribution in [0.15, 0.2) is 66.7 Å². The zero-order chi connectivity index (χ0) is 26.7. The van der Waals surface area contributed by atoms with Crippen LogP contribution in [-0.4, -0.2) is 59.2 Å². The van der Waals surface area contributed by atoms with Gasteiger partial charge in [-0.25, -0.2) is 4.79 Å². The Balaban J connectivity index is 1.33. The summed E-state index contributed by atoms with van der Waals surface area (Å²) in [5.41, 5.74) is 1.51. The first-order chi connectivity index (χ1) is 18.3. The lowest BCUT2D eigenvalue weighted by Gasteiger charge is -2.36. The van der Waals surface area contributed by atoms with Gasteiger partial charge in [-0.1, -0.05) is 54.6 Å². The van der Waals surface area contributed by atoms with Crippen molar-refractivity contribution in [1.29, 1.82) is 0 Å². The lowest BCUT2D eigenvalue weighted by atomic mass is 10.0. The summed E-state index contributed by atoms with van der Waals surface area (Å²) in [6.07, 6.45) is 0.829. The van der Waals surface area contributed by atoms with E-state index in [1.165, 1.54) is 0 Å². The number of hydrogen-bond donors (Lipinski definition) is 0. The SMILES string of the molecule is CC(C)(C)OC(=O)N1CCO[C@@H](C(=O)N(Cc2cc(OCc3ccccc3)c3ccccc3c2)C2CC2)C1. The van der Waals surface area contributed by atoms with E-state index in [1.807, 2.05) is 74.2 Å². The van der Waals surface area contributed by atoms with Crippen LogP contribution in [0.2, 0.25) is 0 Å². The molecule has 2 amide bonds. The maximum atomic E-state index is 13.7. The zero-order valence-electron chi connectivity index (χ0n) is 22.4. The minimum Gasteiger partial charge on any atom is -0.488 e. The fourth-order valence-electron chi connectivity index (χ4n) is 4.73. The third-order valence-corrected chi connectivity index (χ3v) is 6.74. The van der Waals surface area contributed by atoms with Crippen LogP contribution in [0.25, 0.3) is 10.8 Å². The maximum absolute atomic E-state index is 13.7. The second-order valence-electron chi connectivity index (χ2n) is 11.1.